The van der Waals surface area contributed by atoms with Crippen molar-refractivity contribution >= 4 is 5.69 Å². The van der Waals surface area contributed by atoms with Crippen LogP contribution in [0.3, 0.4) is 0 Å². The average Bonchev–Trinajstić information content (AvgIpc) is 2.46. The minimum atomic E-state index is -0.363. The summed E-state index contributed by atoms with van der Waals surface area (Å²) in [6.45, 7) is 8.77. The first-order chi connectivity index (χ1) is 9.91. The largest absolute Gasteiger partial charge is 0.269 e. The van der Waals surface area contributed by atoms with Crippen molar-refractivity contribution in [3.05, 3.63) is 63.7 Å². The Balaban J connectivity index is 2.57. The van der Waals surface area contributed by atoms with Crippen LogP contribution in [-0.2, 0) is 0 Å². The Labute approximate surface area is 125 Å². The summed E-state index contributed by atoms with van der Waals surface area (Å²) in [6.07, 6.45) is 0. The van der Waals surface area contributed by atoms with Crippen molar-refractivity contribution in [2.45, 2.75) is 39.5 Å². The summed E-state index contributed by atoms with van der Waals surface area (Å²) >= 11 is 0. The van der Waals surface area contributed by atoms with Crippen LogP contribution >= 0.6 is 0 Å². The highest BCUT2D eigenvalue weighted by molar-refractivity contribution is 5.70. The van der Waals surface area contributed by atoms with E-state index in [0.29, 0.717) is 11.8 Å². The molecule has 0 fully saturated rings. The van der Waals surface area contributed by atoms with Gasteiger partial charge in [-0.25, -0.2) is 0 Å². The Hall–Kier alpha value is -2.16. The van der Waals surface area contributed by atoms with E-state index in [4.69, 9.17) is 0 Å². The number of hydrogen-bond acceptors (Lipinski definition) is 2. The van der Waals surface area contributed by atoms with Crippen LogP contribution in [0.25, 0.3) is 11.1 Å². The standard InChI is InChI=1S/C18H21NO2/c1-12(2)16-6-5-7-17(18(16)13(3)4)14-8-10-15(11-9-14)19(20)21/h5-13H,1-4H3. The number of nitrogens with zero attached hydrogens (tertiary/aromatic N) is 1. The molecule has 0 aliphatic heterocycles. The first kappa shape index (κ1) is 15.2. The first-order valence-corrected chi connectivity index (χ1v) is 7.29. The van der Waals surface area contributed by atoms with Crippen LogP contribution in [0.2, 0.25) is 0 Å². The second-order valence-electron chi connectivity index (χ2n) is 5.92. The maximum atomic E-state index is 10.8. The third-order valence-corrected chi connectivity index (χ3v) is 3.73. The molecule has 3 heteroatoms. The van der Waals surface area contributed by atoms with Gasteiger partial charge in [-0.15, -0.1) is 0 Å². The Morgan fingerprint density at radius 3 is 2.00 bits per heavy atom. The average molecular weight is 283 g/mol. The molecule has 0 bridgehead atoms. The Kier molecular flexibility index (Phi) is 4.41. The molecule has 0 unspecified atom stereocenters. The van der Waals surface area contributed by atoms with E-state index in [2.05, 4.69) is 45.9 Å². The van der Waals surface area contributed by atoms with Gasteiger partial charge in [0, 0.05) is 12.1 Å². The van der Waals surface area contributed by atoms with Crippen LogP contribution in [0.15, 0.2) is 42.5 Å². The summed E-state index contributed by atoms with van der Waals surface area (Å²) < 4.78 is 0. The van der Waals surface area contributed by atoms with Crippen molar-refractivity contribution in [1.29, 1.82) is 0 Å². The van der Waals surface area contributed by atoms with E-state index < -0.39 is 0 Å². The summed E-state index contributed by atoms with van der Waals surface area (Å²) in [4.78, 5) is 10.4. The quantitative estimate of drug-likeness (QED) is 0.548. The molecule has 2 aromatic rings. The molecule has 0 aliphatic carbocycles. The first-order valence-electron chi connectivity index (χ1n) is 7.29. The molecule has 110 valence electrons. The van der Waals surface area contributed by atoms with Crippen LogP contribution in [0.5, 0.6) is 0 Å². The zero-order valence-corrected chi connectivity index (χ0v) is 13.0. The van der Waals surface area contributed by atoms with Gasteiger partial charge < -0.3 is 0 Å². The Morgan fingerprint density at radius 1 is 0.905 bits per heavy atom. The lowest BCUT2D eigenvalue weighted by Gasteiger charge is -2.20. The third-order valence-electron chi connectivity index (χ3n) is 3.73. The van der Waals surface area contributed by atoms with E-state index in [-0.39, 0.29) is 10.6 Å². The van der Waals surface area contributed by atoms with Gasteiger partial charge in [-0.3, -0.25) is 10.1 Å². The van der Waals surface area contributed by atoms with Gasteiger partial charge in [0.25, 0.3) is 5.69 Å². The van der Waals surface area contributed by atoms with Gasteiger partial charge in [-0.2, -0.15) is 0 Å². The lowest BCUT2D eigenvalue weighted by molar-refractivity contribution is -0.384. The van der Waals surface area contributed by atoms with E-state index in [1.807, 2.05) is 12.1 Å². The van der Waals surface area contributed by atoms with Crippen LogP contribution < -0.4 is 0 Å². The molecule has 0 saturated carbocycles. The highest BCUT2D eigenvalue weighted by Gasteiger charge is 2.16. The van der Waals surface area contributed by atoms with Crippen molar-refractivity contribution < 1.29 is 4.92 Å². The molecular weight excluding hydrogens is 262 g/mol. The smallest absolute Gasteiger partial charge is 0.258 e. The minimum absolute atomic E-state index is 0.130. The van der Waals surface area contributed by atoms with Crippen LogP contribution in [0.4, 0.5) is 5.69 Å². The second-order valence-corrected chi connectivity index (χ2v) is 5.92. The molecule has 3 nitrogen and oxygen atoms in total. The van der Waals surface area contributed by atoms with E-state index in [0.717, 1.165) is 5.56 Å². The van der Waals surface area contributed by atoms with Crippen molar-refractivity contribution in [2.75, 3.05) is 0 Å². The van der Waals surface area contributed by atoms with E-state index >= 15 is 0 Å². The molecule has 21 heavy (non-hydrogen) atoms. The number of hydrogen-bond donors (Lipinski definition) is 0. The highest BCUT2D eigenvalue weighted by Crippen LogP contribution is 2.35. The molecule has 0 aromatic heterocycles. The predicted octanol–water partition coefficient (Wildman–Crippen LogP) is 5.51. The number of rotatable bonds is 4. The fourth-order valence-corrected chi connectivity index (χ4v) is 2.75. The number of nitro groups is 1. The SMILES string of the molecule is CC(C)c1cccc(-c2ccc([N+](=O)[O-])cc2)c1C(C)C. The summed E-state index contributed by atoms with van der Waals surface area (Å²) in [5, 5.41) is 10.8. The zero-order chi connectivity index (χ0) is 15.6. The van der Waals surface area contributed by atoms with Crippen LogP contribution in [0.1, 0.15) is 50.7 Å². The molecule has 0 radical (unpaired) electrons. The van der Waals surface area contributed by atoms with Gasteiger partial charge in [0.1, 0.15) is 0 Å². The topological polar surface area (TPSA) is 43.1 Å². The third kappa shape index (κ3) is 3.13. The Morgan fingerprint density at radius 2 is 1.52 bits per heavy atom. The van der Waals surface area contributed by atoms with E-state index in [1.165, 1.54) is 16.7 Å². The molecule has 0 atom stereocenters. The number of nitro benzene ring substituents is 1. The lowest BCUT2D eigenvalue weighted by Crippen LogP contribution is -2.01. The van der Waals surface area contributed by atoms with Crippen molar-refractivity contribution in [3.8, 4) is 11.1 Å². The summed E-state index contributed by atoms with van der Waals surface area (Å²) in [5.74, 6) is 0.870. The van der Waals surface area contributed by atoms with Crippen molar-refractivity contribution in [3.63, 3.8) is 0 Å². The predicted molar refractivity (Wildman–Crippen MR) is 86.7 cm³/mol. The molecule has 0 N–H and O–H groups in total. The van der Waals surface area contributed by atoms with Crippen molar-refractivity contribution in [2.24, 2.45) is 0 Å². The monoisotopic (exact) mass is 283 g/mol. The maximum Gasteiger partial charge on any atom is 0.269 e. The van der Waals surface area contributed by atoms with Gasteiger partial charge in [-0.1, -0.05) is 45.9 Å². The molecule has 2 aromatic carbocycles. The fourth-order valence-electron chi connectivity index (χ4n) is 2.75. The van der Waals surface area contributed by atoms with Gasteiger partial charge in [0.15, 0.2) is 0 Å². The summed E-state index contributed by atoms with van der Waals surface area (Å²) in [7, 11) is 0. The summed E-state index contributed by atoms with van der Waals surface area (Å²) in [6, 6.07) is 13.2. The molecule has 0 aliphatic rings. The van der Waals surface area contributed by atoms with Gasteiger partial charge in [0.2, 0.25) is 0 Å². The molecule has 2 rings (SSSR count). The number of non-ortho nitro benzene ring substituents is 1. The normalized spacial score (nSPS) is 11.1. The second kappa shape index (κ2) is 6.08. The molecular formula is C18H21NO2. The van der Waals surface area contributed by atoms with E-state index in [9.17, 15) is 10.1 Å². The van der Waals surface area contributed by atoms with Gasteiger partial charge in [-0.05, 0) is 46.2 Å². The molecule has 0 saturated heterocycles. The molecule has 0 spiro atoms. The maximum absolute atomic E-state index is 10.8. The number of benzene rings is 2. The lowest BCUT2D eigenvalue weighted by atomic mass is 9.84. The highest BCUT2D eigenvalue weighted by atomic mass is 16.6. The van der Waals surface area contributed by atoms with Crippen molar-refractivity contribution in [1.82, 2.24) is 0 Å². The van der Waals surface area contributed by atoms with Crippen LogP contribution in [-0.4, -0.2) is 4.92 Å². The molecule has 0 heterocycles. The fraction of sp³-hybridized carbons (Fsp3) is 0.333. The van der Waals surface area contributed by atoms with Crippen LogP contribution in [0, 0.1) is 10.1 Å². The van der Waals surface area contributed by atoms with Gasteiger partial charge >= 0.3 is 0 Å². The molecule has 0 amide bonds. The van der Waals surface area contributed by atoms with Gasteiger partial charge in [0.05, 0.1) is 4.92 Å². The zero-order valence-electron chi connectivity index (χ0n) is 13.0. The minimum Gasteiger partial charge on any atom is -0.258 e. The van der Waals surface area contributed by atoms with E-state index in [1.54, 1.807) is 12.1 Å². The summed E-state index contributed by atoms with van der Waals surface area (Å²) in [5.41, 5.74) is 5.02. The Bertz CT molecular complexity index is 643.